The van der Waals surface area contributed by atoms with Crippen molar-refractivity contribution in [2.75, 3.05) is 13.2 Å². The number of rotatable bonds is 3. The standard InChI is InChI=1S/C16H14BrN3O3S2/c17-8-3-4-11-10(6-8)14(21)19-13-12(25-16(24)20(11)13)15(22)18-7-9-2-1-5-23-9/h3-4,6,9H,1-2,5,7H2,(H,18,22)(H,19,21). The van der Waals surface area contributed by atoms with Gasteiger partial charge in [-0.15, -0.1) is 0 Å². The van der Waals surface area contributed by atoms with Crippen LogP contribution in [0.5, 0.6) is 0 Å². The molecule has 1 aromatic carbocycles. The first-order valence-corrected chi connectivity index (χ1v) is 9.83. The highest BCUT2D eigenvalue weighted by Gasteiger charge is 2.20. The van der Waals surface area contributed by atoms with Gasteiger partial charge in [-0.3, -0.25) is 14.0 Å². The van der Waals surface area contributed by atoms with Crippen molar-refractivity contribution in [1.29, 1.82) is 0 Å². The fourth-order valence-electron chi connectivity index (χ4n) is 3.01. The molecule has 3 heterocycles. The summed E-state index contributed by atoms with van der Waals surface area (Å²) in [6.07, 6.45) is 2.02. The number of thiazole rings is 1. The number of halogens is 1. The normalized spacial score (nSPS) is 17.4. The number of amides is 1. The summed E-state index contributed by atoms with van der Waals surface area (Å²) in [7, 11) is 0. The number of hydrogen-bond donors (Lipinski definition) is 2. The van der Waals surface area contributed by atoms with E-state index in [-0.39, 0.29) is 17.6 Å². The third kappa shape index (κ3) is 3.05. The zero-order valence-electron chi connectivity index (χ0n) is 13.0. The third-order valence-electron chi connectivity index (χ3n) is 4.21. The van der Waals surface area contributed by atoms with Crippen molar-refractivity contribution in [3.8, 4) is 0 Å². The molecule has 0 bridgehead atoms. The minimum atomic E-state index is -0.253. The smallest absolute Gasteiger partial charge is 0.265 e. The lowest BCUT2D eigenvalue weighted by molar-refractivity contribution is 0.0862. The van der Waals surface area contributed by atoms with E-state index in [1.54, 1.807) is 10.5 Å². The second kappa shape index (κ2) is 6.64. The van der Waals surface area contributed by atoms with Crippen LogP contribution in [0.2, 0.25) is 0 Å². The Hall–Kier alpha value is -1.55. The number of aromatic nitrogens is 2. The van der Waals surface area contributed by atoms with E-state index < -0.39 is 0 Å². The highest BCUT2D eigenvalue weighted by molar-refractivity contribution is 9.10. The maximum absolute atomic E-state index is 12.6. The summed E-state index contributed by atoms with van der Waals surface area (Å²) in [5.41, 5.74) is 0.860. The summed E-state index contributed by atoms with van der Waals surface area (Å²) < 4.78 is 8.58. The maximum atomic E-state index is 12.6. The molecule has 2 aromatic heterocycles. The second-order valence-corrected chi connectivity index (χ2v) is 8.40. The van der Waals surface area contributed by atoms with E-state index in [0.717, 1.165) is 23.9 Å². The molecule has 1 amide bonds. The zero-order chi connectivity index (χ0) is 17.6. The molecule has 0 saturated carbocycles. The molecular formula is C16H14BrN3O3S2. The summed E-state index contributed by atoms with van der Waals surface area (Å²) in [6, 6.07) is 5.40. The average molecular weight is 440 g/mol. The summed E-state index contributed by atoms with van der Waals surface area (Å²) >= 11 is 9.99. The molecule has 0 aliphatic carbocycles. The van der Waals surface area contributed by atoms with E-state index >= 15 is 0 Å². The van der Waals surface area contributed by atoms with Crippen molar-refractivity contribution in [2.45, 2.75) is 18.9 Å². The molecule has 25 heavy (non-hydrogen) atoms. The van der Waals surface area contributed by atoms with Crippen LogP contribution in [0.4, 0.5) is 0 Å². The minimum Gasteiger partial charge on any atom is -0.376 e. The number of H-pyrrole nitrogens is 1. The number of carbonyl (C=O) groups is 1. The van der Waals surface area contributed by atoms with E-state index in [2.05, 4.69) is 26.2 Å². The predicted octanol–water partition coefficient (Wildman–Crippen LogP) is 3.24. The Bertz CT molecular complexity index is 1100. The first-order chi connectivity index (χ1) is 12.0. The molecule has 0 spiro atoms. The molecule has 1 aliphatic rings. The number of benzene rings is 1. The van der Waals surface area contributed by atoms with Crippen LogP contribution in [-0.2, 0) is 4.74 Å². The van der Waals surface area contributed by atoms with E-state index in [1.807, 2.05) is 12.1 Å². The number of nitrogens with one attached hydrogen (secondary N) is 2. The number of nitrogens with zero attached hydrogens (tertiary/aromatic N) is 1. The molecule has 1 unspecified atom stereocenters. The molecule has 1 aliphatic heterocycles. The van der Waals surface area contributed by atoms with Crippen LogP contribution in [0.25, 0.3) is 16.6 Å². The fraction of sp³-hybridized carbons (Fsp3) is 0.312. The Morgan fingerprint density at radius 2 is 2.36 bits per heavy atom. The van der Waals surface area contributed by atoms with Gasteiger partial charge in [0, 0.05) is 17.6 Å². The Morgan fingerprint density at radius 1 is 1.52 bits per heavy atom. The number of ether oxygens (including phenoxy) is 1. The van der Waals surface area contributed by atoms with E-state index in [1.165, 1.54) is 11.3 Å². The van der Waals surface area contributed by atoms with Crippen LogP contribution in [0.15, 0.2) is 27.5 Å². The number of carbonyl (C=O) groups excluding carboxylic acids is 1. The summed E-state index contributed by atoms with van der Waals surface area (Å²) in [6.45, 7) is 1.20. The van der Waals surface area contributed by atoms with Crippen molar-refractivity contribution < 1.29 is 9.53 Å². The predicted molar refractivity (Wildman–Crippen MR) is 103 cm³/mol. The Morgan fingerprint density at radius 3 is 3.12 bits per heavy atom. The minimum absolute atomic E-state index is 0.0584. The SMILES string of the molecule is O=C(NCC1CCCO1)c1sc(=S)n2c1[nH]c(=O)c1cc(Br)ccc12. The van der Waals surface area contributed by atoms with Gasteiger partial charge in [-0.25, -0.2) is 0 Å². The first-order valence-electron chi connectivity index (χ1n) is 7.81. The highest BCUT2D eigenvalue weighted by Crippen LogP contribution is 2.24. The maximum Gasteiger partial charge on any atom is 0.265 e. The quantitative estimate of drug-likeness (QED) is 0.614. The summed E-state index contributed by atoms with van der Waals surface area (Å²) in [4.78, 5) is 28.2. The lowest BCUT2D eigenvalue weighted by Gasteiger charge is -2.10. The van der Waals surface area contributed by atoms with Gasteiger partial charge in [-0.05, 0) is 43.3 Å². The molecule has 1 fully saturated rings. The molecule has 1 atom stereocenters. The van der Waals surface area contributed by atoms with Gasteiger partial charge in [0.25, 0.3) is 11.5 Å². The Labute approximate surface area is 159 Å². The van der Waals surface area contributed by atoms with Crippen molar-refractivity contribution in [3.63, 3.8) is 0 Å². The van der Waals surface area contributed by atoms with Gasteiger partial charge < -0.3 is 15.0 Å². The van der Waals surface area contributed by atoms with E-state index in [0.29, 0.717) is 31.9 Å². The summed E-state index contributed by atoms with van der Waals surface area (Å²) in [5, 5.41) is 3.40. The van der Waals surface area contributed by atoms with Crippen LogP contribution < -0.4 is 10.9 Å². The van der Waals surface area contributed by atoms with Gasteiger partial charge in [-0.1, -0.05) is 27.3 Å². The van der Waals surface area contributed by atoms with Gasteiger partial charge in [0.1, 0.15) is 10.5 Å². The second-order valence-electron chi connectivity index (χ2n) is 5.84. The Balaban J connectivity index is 1.79. The monoisotopic (exact) mass is 439 g/mol. The van der Waals surface area contributed by atoms with Crippen LogP contribution in [0, 0.1) is 3.95 Å². The van der Waals surface area contributed by atoms with E-state index in [9.17, 15) is 9.59 Å². The van der Waals surface area contributed by atoms with Gasteiger partial charge in [0.05, 0.1) is 17.0 Å². The van der Waals surface area contributed by atoms with Crippen LogP contribution in [0.1, 0.15) is 22.5 Å². The van der Waals surface area contributed by atoms with Crippen molar-refractivity contribution in [2.24, 2.45) is 0 Å². The van der Waals surface area contributed by atoms with Crippen LogP contribution >= 0.6 is 39.5 Å². The van der Waals surface area contributed by atoms with Crippen LogP contribution in [-0.4, -0.2) is 34.5 Å². The molecule has 4 rings (SSSR count). The average Bonchev–Trinajstić information content (AvgIpc) is 3.21. The van der Waals surface area contributed by atoms with Crippen molar-refractivity contribution >= 4 is 61.9 Å². The molecule has 0 radical (unpaired) electrons. The largest absolute Gasteiger partial charge is 0.376 e. The zero-order valence-corrected chi connectivity index (χ0v) is 16.2. The number of aromatic amines is 1. The molecule has 130 valence electrons. The van der Waals surface area contributed by atoms with Gasteiger partial charge in [-0.2, -0.15) is 0 Å². The highest BCUT2D eigenvalue weighted by atomic mass is 79.9. The van der Waals surface area contributed by atoms with Crippen LogP contribution in [0.3, 0.4) is 0 Å². The van der Waals surface area contributed by atoms with E-state index in [4.69, 9.17) is 17.0 Å². The molecule has 6 nitrogen and oxygen atoms in total. The molecule has 9 heteroatoms. The first kappa shape index (κ1) is 16.9. The van der Waals surface area contributed by atoms with Gasteiger partial charge in [0.15, 0.2) is 3.95 Å². The lowest BCUT2D eigenvalue weighted by Crippen LogP contribution is -2.31. The van der Waals surface area contributed by atoms with Crippen molar-refractivity contribution in [1.82, 2.24) is 14.7 Å². The number of hydrogen-bond acceptors (Lipinski definition) is 5. The lowest BCUT2D eigenvalue weighted by atomic mass is 10.2. The molecule has 3 aromatic rings. The van der Waals surface area contributed by atoms with Crippen molar-refractivity contribution in [3.05, 3.63) is 41.9 Å². The molecular weight excluding hydrogens is 426 g/mol. The molecule has 2 N–H and O–H groups in total. The summed E-state index contributed by atoms with van der Waals surface area (Å²) in [5.74, 6) is -0.249. The fourth-order valence-corrected chi connectivity index (χ4v) is 4.67. The molecule has 1 saturated heterocycles. The third-order valence-corrected chi connectivity index (χ3v) is 6.07. The Kier molecular flexibility index (Phi) is 4.48. The van der Waals surface area contributed by atoms with Gasteiger partial charge >= 0.3 is 0 Å². The topological polar surface area (TPSA) is 75.6 Å². The van der Waals surface area contributed by atoms with Gasteiger partial charge in [0.2, 0.25) is 0 Å². The number of fused-ring (bicyclic) bond motifs is 3.